The summed E-state index contributed by atoms with van der Waals surface area (Å²) in [5, 5.41) is 13.7. The maximum atomic E-state index is 12.4. The predicted molar refractivity (Wildman–Crippen MR) is 92.8 cm³/mol. The van der Waals surface area contributed by atoms with Gasteiger partial charge >= 0.3 is 5.97 Å². The first-order valence-electron chi connectivity index (χ1n) is 7.76. The van der Waals surface area contributed by atoms with Crippen molar-refractivity contribution in [1.29, 1.82) is 0 Å². The third kappa shape index (κ3) is 3.59. The predicted octanol–water partition coefficient (Wildman–Crippen LogP) is 3.57. The number of hydrogen-bond acceptors (Lipinski definition) is 4. The zero-order valence-electron chi connectivity index (χ0n) is 13.5. The number of anilines is 1. The Hall–Kier alpha value is -2.34. The summed E-state index contributed by atoms with van der Waals surface area (Å²) in [5.41, 5.74) is 2.84. The summed E-state index contributed by atoms with van der Waals surface area (Å²) < 4.78 is 5.14. The van der Waals surface area contributed by atoms with Crippen LogP contribution < -0.4 is 10.1 Å². The summed E-state index contributed by atoms with van der Waals surface area (Å²) in [6, 6.07) is 7.23. The van der Waals surface area contributed by atoms with E-state index in [-0.39, 0.29) is 18.4 Å². The van der Waals surface area contributed by atoms with Crippen molar-refractivity contribution in [2.45, 2.75) is 26.2 Å². The lowest BCUT2D eigenvalue weighted by molar-refractivity contribution is -0.139. The molecule has 0 aliphatic heterocycles. The maximum Gasteiger partial charge on any atom is 0.341 e. The fourth-order valence-corrected chi connectivity index (χ4v) is 3.88. The molecule has 2 aromatic rings. The molecular weight excluding hydrogens is 326 g/mol. The van der Waals surface area contributed by atoms with E-state index in [4.69, 9.17) is 9.84 Å². The molecule has 0 saturated heterocycles. The van der Waals surface area contributed by atoms with Crippen molar-refractivity contribution in [3.8, 4) is 5.75 Å². The lowest BCUT2D eigenvalue weighted by Gasteiger charge is -2.10. The molecule has 2 N–H and O–H groups in total. The van der Waals surface area contributed by atoms with Crippen LogP contribution in [0, 0.1) is 19.8 Å². The van der Waals surface area contributed by atoms with Crippen LogP contribution in [0.25, 0.3) is 0 Å². The van der Waals surface area contributed by atoms with Gasteiger partial charge in [-0.05, 0) is 61.0 Å². The molecule has 1 aliphatic carbocycles. The molecule has 1 aliphatic rings. The van der Waals surface area contributed by atoms with Gasteiger partial charge in [0.2, 0.25) is 5.91 Å². The average Bonchev–Trinajstić information content (AvgIpc) is 3.22. The lowest BCUT2D eigenvalue weighted by Crippen LogP contribution is -2.15. The van der Waals surface area contributed by atoms with Crippen molar-refractivity contribution in [3.63, 3.8) is 0 Å². The Kier molecular flexibility index (Phi) is 4.57. The lowest BCUT2D eigenvalue weighted by atomic mass is 10.1. The Morgan fingerprint density at radius 3 is 2.71 bits per heavy atom. The molecule has 3 rings (SSSR count). The fourth-order valence-electron chi connectivity index (χ4n) is 2.78. The van der Waals surface area contributed by atoms with E-state index in [0.29, 0.717) is 11.7 Å². The summed E-state index contributed by atoms with van der Waals surface area (Å²) >= 11 is 1.72. The molecule has 0 radical (unpaired) electrons. The number of nitrogens with one attached hydrogen (secondary N) is 1. The Morgan fingerprint density at radius 1 is 1.29 bits per heavy atom. The van der Waals surface area contributed by atoms with Crippen molar-refractivity contribution < 1.29 is 19.4 Å². The van der Waals surface area contributed by atoms with Crippen molar-refractivity contribution in [3.05, 3.63) is 45.6 Å². The van der Waals surface area contributed by atoms with Crippen LogP contribution in [0.4, 0.5) is 5.69 Å². The minimum Gasteiger partial charge on any atom is -0.482 e. The quantitative estimate of drug-likeness (QED) is 0.839. The number of carbonyl (C=O) groups is 2. The maximum absolute atomic E-state index is 12.4. The van der Waals surface area contributed by atoms with Crippen molar-refractivity contribution >= 4 is 28.9 Å². The summed E-state index contributed by atoms with van der Waals surface area (Å²) in [4.78, 5) is 24.3. The SMILES string of the molecule is Cc1cc(OCC(=O)O)ccc1NC(=O)C1CC1c1sccc1C. The molecule has 1 aromatic carbocycles. The normalized spacial score (nSPS) is 18.9. The first-order valence-corrected chi connectivity index (χ1v) is 8.63. The number of aryl methyl sites for hydroxylation is 2. The largest absolute Gasteiger partial charge is 0.482 e. The van der Waals surface area contributed by atoms with Crippen molar-refractivity contribution in [2.24, 2.45) is 5.92 Å². The number of benzene rings is 1. The van der Waals surface area contributed by atoms with E-state index in [9.17, 15) is 9.59 Å². The number of carboxylic acids is 1. The molecular formula is C18H19NO4S. The molecule has 126 valence electrons. The van der Waals surface area contributed by atoms with E-state index in [1.165, 1.54) is 10.4 Å². The molecule has 1 fully saturated rings. The first kappa shape index (κ1) is 16.5. The van der Waals surface area contributed by atoms with E-state index < -0.39 is 5.97 Å². The topological polar surface area (TPSA) is 75.6 Å². The van der Waals surface area contributed by atoms with Crippen LogP contribution in [-0.2, 0) is 9.59 Å². The average molecular weight is 345 g/mol. The van der Waals surface area contributed by atoms with E-state index in [1.807, 2.05) is 6.92 Å². The van der Waals surface area contributed by atoms with Crippen LogP contribution in [0.15, 0.2) is 29.6 Å². The van der Waals surface area contributed by atoms with Crippen LogP contribution in [0.2, 0.25) is 0 Å². The van der Waals surface area contributed by atoms with Crippen LogP contribution in [0.3, 0.4) is 0 Å². The van der Waals surface area contributed by atoms with Gasteiger partial charge in [0.25, 0.3) is 0 Å². The molecule has 2 unspecified atom stereocenters. The Labute approximate surface area is 144 Å². The van der Waals surface area contributed by atoms with Crippen LogP contribution in [0.1, 0.15) is 28.3 Å². The number of carbonyl (C=O) groups excluding carboxylic acids is 1. The minimum atomic E-state index is -1.02. The number of thiophene rings is 1. The Morgan fingerprint density at radius 2 is 2.08 bits per heavy atom. The van der Waals surface area contributed by atoms with E-state index >= 15 is 0 Å². The smallest absolute Gasteiger partial charge is 0.341 e. The van der Waals surface area contributed by atoms with Crippen LogP contribution in [-0.4, -0.2) is 23.6 Å². The highest BCUT2D eigenvalue weighted by Crippen LogP contribution is 2.50. The zero-order chi connectivity index (χ0) is 17.3. The first-order chi connectivity index (χ1) is 11.5. The third-order valence-corrected chi connectivity index (χ3v) is 5.33. The molecule has 2 atom stereocenters. The summed E-state index contributed by atoms with van der Waals surface area (Å²) in [6.45, 7) is 3.56. The van der Waals surface area contributed by atoms with Crippen LogP contribution >= 0.6 is 11.3 Å². The van der Waals surface area contributed by atoms with E-state index in [1.54, 1.807) is 29.5 Å². The molecule has 6 heteroatoms. The van der Waals surface area contributed by atoms with Crippen molar-refractivity contribution in [1.82, 2.24) is 0 Å². The van der Waals surface area contributed by atoms with Gasteiger partial charge < -0.3 is 15.2 Å². The molecule has 0 spiro atoms. The van der Waals surface area contributed by atoms with E-state index in [2.05, 4.69) is 23.7 Å². The second-order valence-electron chi connectivity index (χ2n) is 6.06. The van der Waals surface area contributed by atoms with Gasteiger partial charge in [0.1, 0.15) is 5.75 Å². The Bertz CT molecular complexity index is 783. The molecule has 24 heavy (non-hydrogen) atoms. The minimum absolute atomic E-state index is 0.0321. The molecule has 1 heterocycles. The Balaban J connectivity index is 1.61. The number of amides is 1. The van der Waals surface area contributed by atoms with Gasteiger partial charge in [-0.2, -0.15) is 0 Å². The van der Waals surface area contributed by atoms with Gasteiger partial charge in [0.05, 0.1) is 0 Å². The molecule has 1 saturated carbocycles. The van der Waals surface area contributed by atoms with Gasteiger partial charge in [-0.1, -0.05) is 0 Å². The standard InChI is InChI=1S/C18H19NO4S/c1-10-5-6-24-17(10)13-8-14(13)18(22)19-15-4-3-12(7-11(15)2)23-9-16(20)21/h3-7,13-14H,8-9H2,1-2H3,(H,19,22)(H,20,21). The van der Waals surface area contributed by atoms with Crippen molar-refractivity contribution in [2.75, 3.05) is 11.9 Å². The van der Waals surface area contributed by atoms with Crippen LogP contribution in [0.5, 0.6) is 5.75 Å². The second kappa shape index (κ2) is 6.65. The highest BCUT2D eigenvalue weighted by Gasteiger charge is 2.45. The van der Waals surface area contributed by atoms with Gasteiger partial charge in [0.15, 0.2) is 6.61 Å². The van der Waals surface area contributed by atoms with Gasteiger partial charge in [-0.25, -0.2) is 4.79 Å². The summed E-state index contributed by atoms with van der Waals surface area (Å²) in [5.74, 6) is -0.136. The molecule has 1 amide bonds. The molecule has 1 aromatic heterocycles. The zero-order valence-corrected chi connectivity index (χ0v) is 14.4. The molecule has 5 nitrogen and oxygen atoms in total. The number of aliphatic carboxylic acids is 1. The summed E-state index contributed by atoms with van der Waals surface area (Å²) in [7, 11) is 0. The van der Waals surface area contributed by atoms with Gasteiger partial charge in [0, 0.05) is 22.4 Å². The third-order valence-electron chi connectivity index (χ3n) is 4.18. The van der Waals surface area contributed by atoms with Gasteiger partial charge in [-0.15, -0.1) is 11.3 Å². The number of rotatable bonds is 6. The highest BCUT2D eigenvalue weighted by atomic mass is 32.1. The van der Waals surface area contributed by atoms with E-state index in [0.717, 1.165) is 17.7 Å². The highest BCUT2D eigenvalue weighted by molar-refractivity contribution is 7.10. The number of hydrogen-bond donors (Lipinski definition) is 2. The second-order valence-corrected chi connectivity index (χ2v) is 7.01. The molecule has 0 bridgehead atoms. The van der Waals surface area contributed by atoms with Gasteiger partial charge in [-0.3, -0.25) is 4.79 Å². The monoisotopic (exact) mass is 345 g/mol. The number of carboxylic acid groups (broad SMARTS) is 1. The summed E-state index contributed by atoms with van der Waals surface area (Å²) in [6.07, 6.45) is 0.895. The number of ether oxygens (including phenoxy) is 1. The fraction of sp³-hybridized carbons (Fsp3) is 0.333.